The molecule has 1 saturated carbocycles. The summed E-state index contributed by atoms with van der Waals surface area (Å²) in [5.74, 6) is -0.948. The Bertz CT molecular complexity index is 672. The van der Waals surface area contributed by atoms with E-state index in [9.17, 15) is 9.90 Å². The van der Waals surface area contributed by atoms with Gasteiger partial charge in [-0.2, -0.15) is 0 Å². The first kappa shape index (κ1) is 14.1. The third-order valence-electron chi connectivity index (χ3n) is 4.43. The number of hydrogen-bond donors (Lipinski definition) is 2. The van der Waals surface area contributed by atoms with Gasteiger partial charge in [0.25, 0.3) is 0 Å². The van der Waals surface area contributed by atoms with Crippen molar-refractivity contribution in [3.05, 3.63) is 35.6 Å². The highest BCUT2D eigenvalue weighted by atomic mass is 16.4. The molecule has 1 atom stereocenters. The van der Waals surface area contributed by atoms with E-state index in [4.69, 9.17) is 4.42 Å². The quantitative estimate of drug-likeness (QED) is 0.898. The van der Waals surface area contributed by atoms with Crippen LogP contribution in [0.4, 0.5) is 0 Å². The number of carboxylic acids is 1. The number of benzene rings is 1. The van der Waals surface area contributed by atoms with Crippen LogP contribution < -0.4 is 5.32 Å². The summed E-state index contributed by atoms with van der Waals surface area (Å²) < 4.78 is 5.48. The Morgan fingerprint density at radius 3 is 2.86 bits per heavy atom. The van der Waals surface area contributed by atoms with Crippen LogP contribution in [0.25, 0.3) is 11.0 Å². The summed E-state index contributed by atoms with van der Waals surface area (Å²) in [6, 6.07) is 7.94. The van der Waals surface area contributed by atoms with E-state index in [2.05, 4.69) is 19.2 Å². The predicted octanol–water partition coefficient (Wildman–Crippen LogP) is 3.80. The second kappa shape index (κ2) is 5.19. The van der Waals surface area contributed by atoms with Crippen LogP contribution in [0, 0.1) is 5.41 Å². The van der Waals surface area contributed by atoms with Crippen LogP contribution in [0.5, 0.6) is 0 Å². The minimum Gasteiger partial charge on any atom is -0.475 e. The van der Waals surface area contributed by atoms with Gasteiger partial charge in [0.15, 0.2) is 0 Å². The Hall–Kier alpha value is -1.81. The normalized spacial score (nSPS) is 21.0. The predicted molar refractivity (Wildman–Crippen MR) is 81.4 cm³/mol. The molecule has 0 saturated heterocycles. The highest BCUT2D eigenvalue weighted by Crippen LogP contribution is 2.37. The largest absolute Gasteiger partial charge is 0.475 e. The number of furan rings is 1. The van der Waals surface area contributed by atoms with Crippen molar-refractivity contribution in [2.45, 2.75) is 45.7 Å². The Morgan fingerprint density at radius 1 is 1.43 bits per heavy atom. The van der Waals surface area contributed by atoms with Gasteiger partial charge in [-0.15, -0.1) is 0 Å². The monoisotopic (exact) mass is 287 g/mol. The number of aromatic carboxylic acids is 1. The third kappa shape index (κ3) is 2.81. The molecule has 0 spiro atoms. The summed E-state index contributed by atoms with van der Waals surface area (Å²) in [5.41, 5.74) is 1.77. The van der Waals surface area contributed by atoms with E-state index < -0.39 is 5.97 Å². The van der Waals surface area contributed by atoms with Gasteiger partial charge in [-0.1, -0.05) is 32.0 Å². The minimum absolute atomic E-state index is 0.0564. The van der Waals surface area contributed by atoms with E-state index in [0.717, 1.165) is 23.8 Å². The smallest absolute Gasteiger partial charge is 0.372 e. The summed E-state index contributed by atoms with van der Waals surface area (Å²) in [7, 11) is 0. The van der Waals surface area contributed by atoms with Gasteiger partial charge in [-0.05, 0) is 30.7 Å². The molecule has 1 fully saturated rings. The molecule has 0 aliphatic heterocycles. The van der Waals surface area contributed by atoms with Crippen LogP contribution in [0.3, 0.4) is 0 Å². The average Bonchev–Trinajstić information content (AvgIpc) is 2.96. The number of fused-ring (bicyclic) bond motifs is 1. The van der Waals surface area contributed by atoms with Crippen molar-refractivity contribution in [2.75, 3.05) is 0 Å². The zero-order chi connectivity index (χ0) is 15.0. The molecule has 112 valence electrons. The second-order valence-electron chi connectivity index (χ2n) is 6.70. The van der Waals surface area contributed by atoms with E-state index in [1.807, 2.05) is 24.3 Å². The molecule has 0 amide bonds. The molecule has 21 heavy (non-hydrogen) atoms. The molecule has 1 aromatic heterocycles. The zero-order valence-electron chi connectivity index (χ0n) is 12.5. The molecular formula is C17H21NO3. The standard InChI is InChI=1S/C17H21NO3/c1-17(2)8-7-11(9-17)18-10-13-12-5-3-4-6-14(12)21-15(13)16(19)20/h3-6,11,18H,7-10H2,1-2H3,(H,19,20). The van der Waals surface area contributed by atoms with E-state index in [0.29, 0.717) is 23.6 Å². The topological polar surface area (TPSA) is 62.5 Å². The van der Waals surface area contributed by atoms with E-state index in [1.54, 1.807) is 0 Å². The van der Waals surface area contributed by atoms with Gasteiger partial charge in [0, 0.05) is 23.5 Å². The molecule has 3 rings (SSSR count). The SMILES string of the molecule is CC1(C)CCC(NCc2c(C(=O)O)oc3ccccc23)C1. The summed E-state index contributed by atoms with van der Waals surface area (Å²) >= 11 is 0. The average molecular weight is 287 g/mol. The lowest BCUT2D eigenvalue weighted by Gasteiger charge is -2.17. The van der Waals surface area contributed by atoms with Crippen molar-refractivity contribution in [3.8, 4) is 0 Å². The van der Waals surface area contributed by atoms with Gasteiger partial charge in [0.05, 0.1) is 0 Å². The first-order valence-corrected chi connectivity index (χ1v) is 7.43. The van der Waals surface area contributed by atoms with Crippen LogP contribution in [-0.2, 0) is 6.54 Å². The molecule has 1 aromatic carbocycles. The molecule has 0 bridgehead atoms. The number of carbonyl (C=O) groups is 1. The second-order valence-corrected chi connectivity index (χ2v) is 6.70. The van der Waals surface area contributed by atoms with Gasteiger partial charge >= 0.3 is 5.97 Å². The van der Waals surface area contributed by atoms with Gasteiger partial charge in [-0.3, -0.25) is 0 Å². The van der Waals surface area contributed by atoms with Crippen LogP contribution in [0.2, 0.25) is 0 Å². The number of para-hydroxylation sites is 1. The Balaban J connectivity index is 1.83. The van der Waals surface area contributed by atoms with Crippen molar-refractivity contribution in [1.29, 1.82) is 0 Å². The van der Waals surface area contributed by atoms with Crippen molar-refractivity contribution < 1.29 is 14.3 Å². The minimum atomic E-state index is -1.00. The summed E-state index contributed by atoms with van der Waals surface area (Å²) in [6.07, 6.45) is 3.49. The molecule has 2 aromatic rings. The van der Waals surface area contributed by atoms with E-state index in [1.165, 1.54) is 6.42 Å². The maximum absolute atomic E-state index is 11.4. The molecule has 1 aliphatic rings. The lowest BCUT2D eigenvalue weighted by Crippen LogP contribution is -2.27. The third-order valence-corrected chi connectivity index (χ3v) is 4.43. The van der Waals surface area contributed by atoms with Gasteiger partial charge in [0.2, 0.25) is 5.76 Å². The maximum atomic E-state index is 11.4. The highest BCUT2D eigenvalue weighted by Gasteiger charge is 2.31. The maximum Gasteiger partial charge on any atom is 0.372 e. The summed E-state index contributed by atoms with van der Waals surface area (Å²) in [4.78, 5) is 11.4. The molecule has 1 unspecified atom stereocenters. The number of hydrogen-bond acceptors (Lipinski definition) is 3. The Kier molecular flexibility index (Phi) is 3.49. The van der Waals surface area contributed by atoms with Crippen LogP contribution in [-0.4, -0.2) is 17.1 Å². The van der Waals surface area contributed by atoms with Crippen molar-refractivity contribution >= 4 is 16.9 Å². The van der Waals surface area contributed by atoms with Gasteiger partial charge in [-0.25, -0.2) is 4.79 Å². The fourth-order valence-electron chi connectivity index (χ4n) is 3.30. The molecule has 2 N–H and O–H groups in total. The lowest BCUT2D eigenvalue weighted by molar-refractivity contribution is 0.0663. The fourth-order valence-corrected chi connectivity index (χ4v) is 3.30. The molecule has 1 aliphatic carbocycles. The lowest BCUT2D eigenvalue weighted by atomic mass is 9.92. The van der Waals surface area contributed by atoms with Crippen LogP contribution in [0.1, 0.15) is 49.2 Å². The van der Waals surface area contributed by atoms with Crippen LogP contribution >= 0.6 is 0 Å². The molecular weight excluding hydrogens is 266 g/mol. The van der Waals surface area contributed by atoms with E-state index in [-0.39, 0.29) is 5.76 Å². The highest BCUT2D eigenvalue weighted by molar-refractivity contribution is 5.95. The number of carboxylic acid groups (broad SMARTS) is 1. The Morgan fingerprint density at radius 2 is 2.19 bits per heavy atom. The summed E-state index contributed by atoms with van der Waals surface area (Å²) in [6.45, 7) is 5.11. The van der Waals surface area contributed by atoms with Gasteiger partial charge < -0.3 is 14.8 Å². The van der Waals surface area contributed by atoms with Crippen molar-refractivity contribution in [1.82, 2.24) is 5.32 Å². The molecule has 4 heteroatoms. The number of rotatable bonds is 4. The molecule has 0 radical (unpaired) electrons. The molecule has 4 nitrogen and oxygen atoms in total. The van der Waals surface area contributed by atoms with E-state index >= 15 is 0 Å². The summed E-state index contributed by atoms with van der Waals surface area (Å²) in [5, 5.41) is 13.7. The van der Waals surface area contributed by atoms with Crippen molar-refractivity contribution in [3.63, 3.8) is 0 Å². The molecule has 1 heterocycles. The first-order chi connectivity index (χ1) is 9.96. The van der Waals surface area contributed by atoms with Gasteiger partial charge in [0.1, 0.15) is 5.58 Å². The first-order valence-electron chi connectivity index (χ1n) is 7.43. The zero-order valence-corrected chi connectivity index (χ0v) is 12.5. The number of nitrogens with one attached hydrogen (secondary N) is 1. The van der Waals surface area contributed by atoms with Crippen LogP contribution in [0.15, 0.2) is 28.7 Å². The Labute approximate surface area is 124 Å². The fraction of sp³-hybridized carbons (Fsp3) is 0.471. The van der Waals surface area contributed by atoms with Crippen molar-refractivity contribution in [2.24, 2.45) is 5.41 Å².